The van der Waals surface area contributed by atoms with Gasteiger partial charge in [-0.1, -0.05) is 36.4 Å². The Morgan fingerprint density at radius 2 is 1.71 bits per heavy atom. The molecule has 0 saturated heterocycles. The summed E-state index contributed by atoms with van der Waals surface area (Å²) in [6.07, 6.45) is -4.72. The average Bonchev–Trinajstić information content (AvgIpc) is 3.33. The minimum atomic E-state index is -4.72. The van der Waals surface area contributed by atoms with Gasteiger partial charge >= 0.3 is 6.18 Å². The molecule has 7 nitrogen and oxygen atoms in total. The maximum Gasteiger partial charge on any atom is 0.433 e. The normalized spacial score (nSPS) is 12.1. The van der Waals surface area contributed by atoms with Crippen molar-refractivity contribution >= 4 is 16.7 Å². The molecule has 1 N–H and O–H groups in total. The zero-order chi connectivity index (χ0) is 24.4. The van der Waals surface area contributed by atoms with Gasteiger partial charge in [0.1, 0.15) is 28.3 Å². The monoisotopic (exact) mass is 467 g/mol. The van der Waals surface area contributed by atoms with Crippen LogP contribution >= 0.6 is 0 Å². The van der Waals surface area contributed by atoms with Crippen molar-refractivity contribution in [2.75, 3.05) is 7.11 Å². The lowest BCUT2D eigenvalue weighted by Gasteiger charge is -2.09. The van der Waals surface area contributed by atoms with Crippen LogP contribution in [0.3, 0.4) is 0 Å². The van der Waals surface area contributed by atoms with Gasteiger partial charge in [-0.05, 0) is 31.0 Å². The molecule has 0 atom stereocenters. The summed E-state index contributed by atoms with van der Waals surface area (Å²) < 4.78 is 49.9. The van der Waals surface area contributed by atoms with E-state index in [0.29, 0.717) is 22.3 Å². The third-order valence-corrected chi connectivity index (χ3v) is 5.92. The molecule has 174 valence electrons. The number of imidazole rings is 1. The van der Waals surface area contributed by atoms with E-state index in [1.807, 2.05) is 13.0 Å². The van der Waals surface area contributed by atoms with Crippen LogP contribution in [-0.4, -0.2) is 31.3 Å². The molecule has 0 radical (unpaired) electrons. The number of nitrogens with one attached hydrogen (secondary N) is 1. The Hall–Kier alpha value is -4.08. The van der Waals surface area contributed by atoms with Crippen LogP contribution in [0.4, 0.5) is 13.2 Å². The van der Waals surface area contributed by atoms with Crippen LogP contribution in [0.5, 0.6) is 5.75 Å². The fraction of sp³-hybridized carbons (Fsp3) is 0.208. The minimum Gasteiger partial charge on any atom is -0.494 e. The topological polar surface area (TPSA) is 77.2 Å². The number of hydrogen-bond donors (Lipinski definition) is 1. The summed E-state index contributed by atoms with van der Waals surface area (Å²) in [5.74, 6) is 0.892. The summed E-state index contributed by atoms with van der Waals surface area (Å²) in [5.41, 5.74) is 0.832. The van der Waals surface area contributed by atoms with Crippen molar-refractivity contribution in [1.29, 1.82) is 0 Å². The zero-order valence-electron chi connectivity index (χ0n) is 18.8. The van der Waals surface area contributed by atoms with Crippen LogP contribution in [0.1, 0.15) is 17.0 Å². The van der Waals surface area contributed by atoms with Crippen molar-refractivity contribution in [3.8, 4) is 28.3 Å². The van der Waals surface area contributed by atoms with Crippen LogP contribution in [0.25, 0.3) is 39.2 Å². The Balaban J connectivity index is 1.86. The summed E-state index contributed by atoms with van der Waals surface area (Å²) in [6, 6.07) is 11.7. The molecule has 0 aliphatic carbocycles. The van der Waals surface area contributed by atoms with E-state index in [2.05, 4.69) is 15.1 Å². The first-order valence-electron chi connectivity index (χ1n) is 10.4. The van der Waals surface area contributed by atoms with Gasteiger partial charge in [-0.25, -0.2) is 9.97 Å². The van der Waals surface area contributed by atoms with Crippen LogP contribution in [0.2, 0.25) is 0 Å². The number of ether oxygens (including phenoxy) is 1. The highest BCUT2D eigenvalue weighted by Gasteiger charge is 2.38. The molecule has 0 aliphatic heterocycles. The number of aromatic nitrogens is 5. The molecule has 0 spiro atoms. The second-order valence-corrected chi connectivity index (χ2v) is 8.04. The van der Waals surface area contributed by atoms with Gasteiger partial charge in [-0.2, -0.15) is 17.7 Å². The second-order valence-electron chi connectivity index (χ2n) is 8.04. The number of benzene rings is 2. The summed E-state index contributed by atoms with van der Waals surface area (Å²) >= 11 is 0. The van der Waals surface area contributed by atoms with E-state index in [-0.39, 0.29) is 28.3 Å². The predicted molar refractivity (Wildman–Crippen MR) is 122 cm³/mol. The quantitative estimate of drug-likeness (QED) is 0.410. The first-order valence-corrected chi connectivity index (χ1v) is 10.4. The molecule has 34 heavy (non-hydrogen) atoms. The first kappa shape index (κ1) is 21.7. The Morgan fingerprint density at radius 3 is 2.35 bits per heavy atom. The lowest BCUT2D eigenvalue weighted by Crippen LogP contribution is -2.21. The van der Waals surface area contributed by atoms with E-state index in [1.54, 1.807) is 62.0 Å². The summed E-state index contributed by atoms with van der Waals surface area (Å²) in [6.45, 7) is 3.48. The maximum atomic E-state index is 13.9. The van der Waals surface area contributed by atoms with Gasteiger partial charge in [0, 0.05) is 7.05 Å². The van der Waals surface area contributed by atoms with E-state index in [1.165, 1.54) is 0 Å². The summed E-state index contributed by atoms with van der Waals surface area (Å²) in [5, 5.41) is 2.25. The van der Waals surface area contributed by atoms with E-state index >= 15 is 0 Å². The molecule has 3 aromatic heterocycles. The number of hydrogen-bond acceptors (Lipinski definition) is 4. The third kappa shape index (κ3) is 3.09. The molecule has 0 amide bonds. The van der Waals surface area contributed by atoms with Gasteiger partial charge in [-0.3, -0.25) is 9.89 Å². The van der Waals surface area contributed by atoms with Crippen molar-refractivity contribution in [3.63, 3.8) is 0 Å². The number of fused-ring (bicyclic) bond motifs is 2. The summed E-state index contributed by atoms with van der Waals surface area (Å²) in [4.78, 5) is 22.6. The molecule has 5 aromatic rings. The average molecular weight is 467 g/mol. The first-order chi connectivity index (χ1) is 16.1. The Labute approximate surface area is 191 Å². The largest absolute Gasteiger partial charge is 0.494 e. The zero-order valence-corrected chi connectivity index (χ0v) is 18.8. The molecule has 0 saturated carbocycles. The SMILES string of the molecule is COc1c(C)ccc2nc(-c3c(C)nc4c(-c5ccccc5)c(C(F)(F)F)[nH]n4c3=O)n(C)c12. The van der Waals surface area contributed by atoms with Gasteiger partial charge in [-0.15, -0.1) is 0 Å². The Morgan fingerprint density at radius 1 is 1.00 bits per heavy atom. The number of alkyl halides is 3. The molecule has 0 fully saturated rings. The van der Waals surface area contributed by atoms with Gasteiger partial charge in [0.2, 0.25) is 0 Å². The van der Waals surface area contributed by atoms with Crippen LogP contribution in [0, 0.1) is 13.8 Å². The van der Waals surface area contributed by atoms with Crippen molar-refractivity contribution in [2.45, 2.75) is 20.0 Å². The second kappa shape index (κ2) is 7.47. The number of halogens is 3. The molecule has 0 aliphatic rings. The van der Waals surface area contributed by atoms with Crippen LogP contribution in [0.15, 0.2) is 47.3 Å². The molecular formula is C24H20F3N5O2. The van der Waals surface area contributed by atoms with Crippen molar-refractivity contribution in [2.24, 2.45) is 7.05 Å². The smallest absolute Gasteiger partial charge is 0.433 e. The van der Waals surface area contributed by atoms with E-state index in [9.17, 15) is 18.0 Å². The number of H-pyrrole nitrogens is 1. The molecule has 2 aromatic carbocycles. The molecule has 3 heterocycles. The molecule has 0 bridgehead atoms. The fourth-order valence-electron chi connectivity index (χ4n) is 4.37. The Bertz CT molecular complexity index is 1630. The highest BCUT2D eigenvalue weighted by molar-refractivity contribution is 5.88. The predicted octanol–water partition coefficient (Wildman–Crippen LogP) is 4.89. The molecule has 5 rings (SSSR count). The molecular weight excluding hydrogens is 447 g/mol. The summed E-state index contributed by atoms with van der Waals surface area (Å²) in [7, 11) is 3.27. The van der Waals surface area contributed by atoms with E-state index in [4.69, 9.17) is 4.74 Å². The maximum absolute atomic E-state index is 13.9. The van der Waals surface area contributed by atoms with Crippen molar-refractivity contribution in [3.05, 3.63) is 69.8 Å². The molecule has 0 unspecified atom stereocenters. The van der Waals surface area contributed by atoms with Crippen LogP contribution in [-0.2, 0) is 13.2 Å². The minimum absolute atomic E-state index is 0.100. The van der Waals surface area contributed by atoms with Crippen LogP contribution < -0.4 is 10.3 Å². The van der Waals surface area contributed by atoms with Gasteiger partial charge in [0.15, 0.2) is 5.65 Å². The standard InChI is InChI=1S/C24H20F3N5O2/c1-12-10-11-15-18(19(12)34-4)31(3)21(29-15)16-13(2)28-22-17(14-8-6-5-7-9-14)20(24(25,26)27)30-32(22)23(16)33/h5-11,30H,1-4H3. The van der Waals surface area contributed by atoms with Crippen molar-refractivity contribution in [1.82, 2.24) is 24.1 Å². The van der Waals surface area contributed by atoms with E-state index in [0.717, 1.165) is 10.1 Å². The highest BCUT2D eigenvalue weighted by atomic mass is 19.4. The number of aryl methyl sites for hydroxylation is 3. The highest BCUT2D eigenvalue weighted by Crippen LogP contribution is 2.39. The van der Waals surface area contributed by atoms with E-state index < -0.39 is 17.4 Å². The lowest BCUT2D eigenvalue weighted by atomic mass is 10.1. The van der Waals surface area contributed by atoms with Gasteiger partial charge in [0.05, 0.1) is 23.9 Å². The van der Waals surface area contributed by atoms with Gasteiger partial charge < -0.3 is 9.30 Å². The Kier molecular flexibility index (Phi) is 4.78. The lowest BCUT2D eigenvalue weighted by molar-refractivity contribution is -0.140. The number of methoxy groups -OCH3 is 1. The van der Waals surface area contributed by atoms with Crippen molar-refractivity contribution < 1.29 is 17.9 Å². The molecule has 10 heteroatoms. The third-order valence-electron chi connectivity index (χ3n) is 5.92. The fourth-order valence-corrected chi connectivity index (χ4v) is 4.37. The van der Waals surface area contributed by atoms with Gasteiger partial charge in [0.25, 0.3) is 5.56 Å². The number of aromatic amines is 1. The number of rotatable bonds is 3. The number of nitrogens with zero attached hydrogens (tertiary/aromatic N) is 4.